The summed E-state index contributed by atoms with van der Waals surface area (Å²) < 4.78 is 5.09. The molecule has 0 atom stereocenters. The minimum atomic E-state index is -0.134. The van der Waals surface area contributed by atoms with E-state index in [0.29, 0.717) is 0 Å². The molecule has 0 saturated carbocycles. The van der Waals surface area contributed by atoms with Gasteiger partial charge in [0.1, 0.15) is 11.5 Å². The first-order chi connectivity index (χ1) is 14.2. The summed E-state index contributed by atoms with van der Waals surface area (Å²) in [5.74, 6) is 0.911. The number of aromatic hydroxyl groups is 1. The Bertz CT molecular complexity index is 961. The van der Waals surface area contributed by atoms with Gasteiger partial charge in [-0.2, -0.15) is 0 Å². The molecule has 3 rings (SSSR count). The van der Waals surface area contributed by atoms with Gasteiger partial charge < -0.3 is 25.5 Å². The second-order valence-electron chi connectivity index (χ2n) is 6.81. The van der Waals surface area contributed by atoms with Crippen LogP contribution in [0.15, 0.2) is 60.8 Å². The molecule has 2 aromatic carbocycles. The van der Waals surface area contributed by atoms with Gasteiger partial charge in [0.15, 0.2) is 0 Å². The molecule has 6 heteroatoms. The van der Waals surface area contributed by atoms with Crippen LogP contribution in [0.3, 0.4) is 0 Å². The number of aromatic nitrogens is 1. The third-order valence-corrected chi connectivity index (χ3v) is 4.67. The van der Waals surface area contributed by atoms with Crippen LogP contribution < -0.4 is 15.4 Å². The zero-order valence-electron chi connectivity index (χ0n) is 16.6. The standard InChI is InChI=1S/C23H27N3O3/c1-29-20-9-6-18(7-10-20)26-23(28)5-3-2-4-13-24-14-12-17-16-25-22-11-8-19(27)15-21(17)22/h3,5-11,15-16,24-25,27H,2,4,12-14H2,1H3,(H,26,28). The number of nitrogens with one attached hydrogen (secondary N) is 3. The monoisotopic (exact) mass is 393 g/mol. The van der Waals surface area contributed by atoms with Crippen molar-refractivity contribution in [1.29, 1.82) is 0 Å². The highest BCUT2D eigenvalue weighted by atomic mass is 16.5. The molecule has 29 heavy (non-hydrogen) atoms. The van der Waals surface area contributed by atoms with Gasteiger partial charge in [0.25, 0.3) is 0 Å². The molecule has 0 spiro atoms. The molecular weight excluding hydrogens is 366 g/mol. The first-order valence-corrected chi connectivity index (χ1v) is 9.77. The number of unbranched alkanes of at least 4 members (excludes halogenated alkanes) is 1. The Hall–Kier alpha value is -3.25. The maximum absolute atomic E-state index is 11.9. The smallest absolute Gasteiger partial charge is 0.248 e. The van der Waals surface area contributed by atoms with Gasteiger partial charge in [-0.05, 0) is 86.5 Å². The number of hydrogen-bond acceptors (Lipinski definition) is 4. The van der Waals surface area contributed by atoms with Crippen LogP contribution in [0.4, 0.5) is 5.69 Å². The molecule has 6 nitrogen and oxygen atoms in total. The number of carbonyl (C=O) groups excluding carboxylic acids is 1. The van der Waals surface area contributed by atoms with Gasteiger partial charge in [-0.25, -0.2) is 0 Å². The Kier molecular flexibility index (Phi) is 7.30. The van der Waals surface area contributed by atoms with Crippen molar-refractivity contribution in [3.63, 3.8) is 0 Å². The number of carbonyl (C=O) groups is 1. The fourth-order valence-electron chi connectivity index (χ4n) is 3.11. The summed E-state index contributed by atoms with van der Waals surface area (Å²) in [6.45, 7) is 1.75. The average molecular weight is 393 g/mol. The van der Waals surface area contributed by atoms with Gasteiger partial charge in [-0.1, -0.05) is 6.08 Å². The lowest BCUT2D eigenvalue weighted by Gasteiger charge is -2.04. The number of phenols is 1. The molecule has 1 aromatic heterocycles. The van der Waals surface area contributed by atoms with Crippen LogP contribution in [0, 0.1) is 0 Å². The highest BCUT2D eigenvalue weighted by Crippen LogP contribution is 2.23. The summed E-state index contributed by atoms with van der Waals surface area (Å²) in [4.78, 5) is 15.1. The van der Waals surface area contributed by atoms with E-state index in [2.05, 4.69) is 15.6 Å². The molecule has 0 aliphatic heterocycles. The normalized spacial score (nSPS) is 11.2. The summed E-state index contributed by atoms with van der Waals surface area (Å²) >= 11 is 0. The highest BCUT2D eigenvalue weighted by molar-refractivity contribution is 5.99. The third kappa shape index (κ3) is 6.12. The Balaban J connectivity index is 1.30. The van der Waals surface area contributed by atoms with Crippen LogP contribution in [0.2, 0.25) is 0 Å². The number of benzene rings is 2. The lowest BCUT2D eigenvalue weighted by atomic mass is 10.1. The van der Waals surface area contributed by atoms with Crippen LogP contribution in [0.25, 0.3) is 10.9 Å². The Morgan fingerprint density at radius 1 is 1.17 bits per heavy atom. The zero-order valence-corrected chi connectivity index (χ0v) is 16.6. The van der Waals surface area contributed by atoms with Gasteiger partial charge in [0.2, 0.25) is 5.91 Å². The SMILES string of the molecule is COc1ccc(NC(=O)C=CCCCNCCc2c[nH]c3ccc(O)cc23)cc1. The van der Waals surface area contributed by atoms with Gasteiger partial charge in [-0.3, -0.25) is 4.79 Å². The van der Waals surface area contributed by atoms with Crippen molar-refractivity contribution < 1.29 is 14.6 Å². The molecule has 0 fully saturated rings. The van der Waals surface area contributed by atoms with E-state index in [0.717, 1.165) is 54.7 Å². The van der Waals surface area contributed by atoms with E-state index < -0.39 is 0 Å². The average Bonchev–Trinajstić information content (AvgIpc) is 3.12. The van der Waals surface area contributed by atoms with E-state index in [1.54, 1.807) is 25.3 Å². The molecule has 3 aromatic rings. The van der Waals surface area contributed by atoms with Crippen LogP contribution in [-0.4, -0.2) is 36.2 Å². The van der Waals surface area contributed by atoms with E-state index in [9.17, 15) is 9.90 Å². The molecular formula is C23H27N3O3. The van der Waals surface area contributed by atoms with Crippen molar-refractivity contribution in [3.05, 3.63) is 66.4 Å². The number of allylic oxidation sites excluding steroid dienone is 1. The van der Waals surface area contributed by atoms with Gasteiger partial charge in [0.05, 0.1) is 7.11 Å². The summed E-state index contributed by atoms with van der Waals surface area (Å²) in [5.41, 5.74) is 2.97. The van der Waals surface area contributed by atoms with Crippen molar-refractivity contribution in [1.82, 2.24) is 10.3 Å². The second-order valence-corrected chi connectivity index (χ2v) is 6.81. The number of H-pyrrole nitrogens is 1. The predicted molar refractivity (Wildman–Crippen MR) is 117 cm³/mol. The van der Waals surface area contributed by atoms with E-state index in [1.807, 2.05) is 42.6 Å². The minimum absolute atomic E-state index is 0.134. The second kappa shape index (κ2) is 10.3. The molecule has 0 saturated heterocycles. The quantitative estimate of drug-likeness (QED) is 0.310. The number of methoxy groups -OCH3 is 1. The number of phenolic OH excluding ortho intramolecular Hbond substituents is 1. The Labute approximate surface area is 170 Å². The van der Waals surface area contributed by atoms with Crippen LogP contribution in [0.1, 0.15) is 18.4 Å². The number of fused-ring (bicyclic) bond motifs is 1. The summed E-state index contributed by atoms with van der Waals surface area (Å²) in [6.07, 6.45) is 8.15. The van der Waals surface area contributed by atoms with Crippen molar-refractivity contribution in [2.45, 2.75) is 19.3 Å². The minimum Gasteiger partial charge on any atom is -0.508 e. The number of anilines is 1. The molecule has 0 aliphatic rings. The lowest BCUT2D eigenvalue weighted by molar-refractivity contribution is -0.111. The largest absolute Gasteiger partial charge is 0.508 e. The third-order valence-electron chi connectivity index (χ3n) is 4.67. The molecule has 152 valence electrons. The van der Waals surface area contributed by atoms with Crippen molar-refractivity contribution in [3.8, 4) is 11.5 Å². The maximum Gasteiger partial charge on any atom is 0.248 e. The number of hydrogen-bond donors (Lipinski definition) is 4. The van der Waals surface area contributed by atoms with Crippen LogP contribution in [-0.2, 0) is 11.2 Å². The highest BCUT2D eigenvalue weighted by Gasteiger charge is 2.04. The van der Waals surface area contributed by atoms with E-state index in [-0.39, 0.29) is 11.7 Å². The summed E-state index contributed by atoms with van der Waals surface area (Å²) in [7, 11) is 1.61. The fraction of sp³-hybridized carbons (Fsp3) is 0.261. The number of rotatable bonds is 10. The molecule has 0 radical (unpaired) electrons. The van der Waals surface area contributed by atoms with Crippen LogP contribution in [0.5, 0.6) is 11.5 Å². The molecule has 1 amide bonds. The van der Waals surface area contributed by atoms with Gasteiger partial charge >= 0.3 is 0 Å². The topological polar surface area (TPSA) is 86.4 Å². The number of ether oxygens (including phenoxy) is 1. The van der Waals surface area contributed by atoms with Crippen molar-refractivity contribution >= 4 is 22.5 Å². The first-order valence-electron chi connectivity index (χ1n) is 9.77. The first kappa shape index (κ1) is 20.5. The lowest BCUT2D eigenvalue weighted by Crippen LogP contribution is -2.18. The number of aromatic amines is 1. The van der Waals surface area contributed by atoms with Gasteiger partial charge in [0, 0.05) is 22.8 Å². The Morgan fingerprint density at radius 2 is 2.00 bits per heavy atom. The van der Waals surface area contributed by atoms with Crippen molar-refractivity contribution in [2.24, 2.45) is 0 Å². The molecule has 1 heterocycles. The van der Waals surface area contributed by atoms with E-state index in [4.69, 9.17) is 4.74 Å². The predicted octanol–water partition coefficient (Wildman–Crippen LogP) is 3.99. The van der Waals surface area contributed by atoms with E-state index >= 15 is 0 Å². The van der Waals surface area contributed by atoms with Crippen LogP contribution >= 0.6 is 0 Å². The maximum atomic E-state index is 11.9. The van der Waals surface area contributed by atoms with Crippen molar-refractivity contribution in [2.75, 3.05) is 25.5 Å². The fourth-order valence-corrected chi connectivity index (χ4v) is 3.11. The molecule has 4 N–H and O–H groups in total. The van der Waals surface area contributed by atoms with Gasteiger partial charge in [-0.15, -0.1) is 0 Å². The molecule has 0 bridgehead atoms. The summed E-state index contributed by atoms with van der Waals surface area (Å²) in [6, 6.07) is 12.6. The Morgan fingerprint density at radius 3 is 2.79 bits per heavy atom. The van der Waals surface area contributed by atoms with E-state index in [1.165, 1.54) is 5.56 Å². The summed E-state index contributed by atoms with van der Waals surface area (Å²) in [5, 5.41) is 16.9. The number of amides is 1. The molecule has 0 unspecified atom stereocenters. The molecule has 0 aliphatic carbocycles. The zero-order chi connectivity index (χ0) is 20.5.